The van der Waals surface area contributed by atoms with E-state index in [9.17, 15) is 18.8 Å². The summed E-state index contributed by atoms with van der Waals surface area (Å²) in [4.78, 5) is 43.6. The molecule has 39 heavy (non-hydrogen) atoms. The van der Waals surface area contributed by atoms with Gasteiger partial charge in [-0.1, -0.05) is 37.5 Å². The fourth-order valence-electron chi connectivity index (χ4n) is 4.74. The van der Waals surface area contributed by atoms with Gasteiger partial charge in [-0.2, -0.15) is 0 Å². The monoisotopic (exact) mass is 551 g/mol. The Balaban J connectivity index is 1.50. The van der Waals surface area contributed by atoms with Gasteiger partial charge in [0.15, 0.2) is 0 Å². The van der Waals surface area contributed by atoms with Crippen LogP contribution in [0.25, 0.3) is 0 Å². The smallest absolute Gasteiger partial charge is 0.338 e. The second-order valence-corrected chi connectivity index (χ2v) is 10.6. The molecular formula is C30H34FN3O4S. The van der Waals surface area contributed by atoms with E-state index in [1.54, 1.807) is 64.5 Å². The van der Waals surface area contributed by atoms with E-state index in [0.717, 1.165) is 42.5 Å². The number of carbonyl (C=O) groups is 3. The van der Waals surface area contributed by atoms with Gasteiger partial charge in [-0.15, -0.1) is 11.3 Å². The van der Waals surface area contributed by atoms with Crippen LogP contribution in [-0.2, 0) is 22.6 Å². The summed E-state index contributed by atoms with van der Waals surface area (Å²) in [6.07, 6.45) is 4.80. The number of nitrogens with one attached hydrogen (secondary N) is 1. The lowest BCUT2D eigenvalue weighted by atomic mass is 9.94. The van der Waals surface area contributed by atoms with Crippen molar-refractivity contribution in [2.45, 2.75) is 58.2 Å². The molecule has 1 aromatic heterocycles. The summed E-state index contributed by atoms with van der Waals surface area (Å²) >= 11 is 1.56. The molecule has 7 nitrogen and oxygen atoms in total. The van der Waals surface area contributed by atoms with Crippen molar-refractivity contribution in [1.82, 2.24) is 9.80 Å². The molecule has 0 spiro atoms. The molecule has 0 aliphatic heterocycles. The Labute approximate surface area is 232 Å². The van der Waals surface area contributed by atoms with Crippen LogP contribution in [0.2, 0.25) is 0 Å². The third-order valence-corrected chi connectivity index (χ3v) is 7.66. The van der Waals surface area contributed by atoms with Crippen LogP contribution in [-0.4, -0.2) is 46.9 Å². The number of carbonyl (C=O) groups excluding carboxylic acids is 3. The number of ether oxygens (including phenoxy) is 1. The molecule has 1 fully saturated rings. The van der Waals surface area contributed by atoms with E-state index in [2.05, 4.69) is 5.32 Å². The summed E-state index contributed by atoms with van der Waals surface area (Å²) in [6, 6.07) is 16.2. The van der Waals surface area contributed by atoms with Gasteiger partial charge in [0.25, 0.3) is 0 Å². The summed E-state index contributed by atoms with van der Waals surface area (Å²) in [6.45, 7) is 2.68. The molecule has 0 saturated heterocycles. The lowest BCUT2D eigenvalue weighted by Crippen LogP contribution is -2.49. The second kappa shape index (κ2) is 13.9. The second-order valence-electron chi connectivity index (χ2n) is 9.60. The molecule has 3 amide bonds. The lowest BCUT2D eigenvalue weighted by molar-refractivity contribution is -0.133. The molecule has 1 aliphatic carbocycles. The van der Waals surface area contributed by atoms with Crippen LogP contribution in [0.5, 0.6) is 0 Å². The van der Waals surface area contributed by atoms with Crippen molar-refractivity contribution in [3.8, 4) is 0 Å². The van der Waals surface area contributed by atoms with Gasteiger partial charge >= 0.3 is 12.0 Å². The zero-order valence-corrected chi connectivity index (χ0v) is 22.9. The van der Waals surface area contributed by atoms with Crippen LogP contribution < -0.4 is 5.32 Å². The van der Waals surface area contributed by atoms with E-state index in [1.165, 1.54) is 12.1 Å². The Hall–Kier alpha value is -3.72. The number of halogens is 1. The predicted octanol–water partition coefficient (Wildman–Crippen LogP) is 6.46. The van der Waals surface area contributed by atoms with Gasteiger partial charge in [0.1, 0.15) is 12.4 Å². The van der Waals surface area contributed by atoms with Gasteiger partial charge in [0, 0.05) is 23.2 Å². The summed E-state index contributed by atoms with van der Waals surface area (Å²) < 4.78 is 18.5. The van der Waals surface area contributed by atoms with Crippen LogP contribution >= 0.6 is 11.3 Å². The maximum atomic E-state index is 13.7. The number of hydrogen-bond acceptors (Lipinski definition) is 5. The number of amides is 3. The fourth-order valence-corrected chi connectivity index (χ4v) is 5.46. The van der Waals surface area contributed by atoms with Gasteiger partial charge in [0.2, 0.25) is 5.91 Å². The molecule has 4 rings (SSSR count). The standard InChI is InChI=1S/C30H34FN3O4S/c1-2-38-29(36)23-12-16-25(17-13-23)32-30(37)34(26-7-4-3-5-8-26)21-28(35)33(20-27-9-6-18-39-27)19-22-10-14-24(31)15-11-22/h6,9-18,26H,2-5,7-8,19-21H2,1H3,(H,32,37). The van der Waals surface area contributed by atoms with Crippen molar-refractivity contribution in [3.63, 3.8) is 0 Å². The molecule has 1 heterocycles. The van der Waals surface area contributed by atoms with Gasteiger partial charge in [-0.3, -0.25) is 4.79 Å². The summed E-state index contributed by atoms with van der Waals surface area (Å²) in [5.74, 6) is -0.923. The average molecular weight is 552 g/mol. The van der Waals surface area contributed by atoms with Crippen molar-refractivity contribution < 1.29 is 23.5 Å². The number of esters is 1. The number of hydrogen-bond donors (Lipinski definition) is 1. The number of nitrogens with zero attached hydrogens (tertiary/aromatic N) is 2. The van der Waals surface area contributed by atoms with Crippen LogP contribution in [0.4, 0.5) is 14.9 Å². The van der Waals surface area contributed by atoms with E-state index >= 15 is 0 Å². The maximum Gasteiger partial charge on any atom is 0.338 e. The Morgan fingerprint density at radius 1 is 0.974 bits per heavy atom. The first kappa shape index (κ1) is 28.3. The Bertz CT molecular complexity index is 1230. The van der Waals surface area contributed by atoms with E-state index in [0.29, 0.717) is 24.3 Å². The van der Waals surface area contributed by atoms with Crippen molar-refractivity contribution in [2.75, 3.05) is 18.5 Å². The van der Waals surface area contributed by atoms with Gasteiger partial charge < -0.3 is 19.9 Å². The molecule has 0 unspecified atom stereocenters. The molecular weight excluding hydrogens is 517 g/mol. The highest BCUT2D eigenvalue weighted by Gasteiger charge is 2.29. The molecule has 206 valence electrons. The quantitative estimate of drug-likeness (QED) is 0.293. The molecule has 9 heteroatoms. The highest BCUT2D eigenvalue weighted by Crippen LogP contribution is 2.24. The molecule has 1 aliphatic rings. The molecule has 0 atom stereocenters. The van der Waals surface area contributed by atoms with E-state index in [1.807, 2.05) is 17.5 Å². The SMILES string of the molecule is CCOC(=O)c1ccc(NC(=O)N(CC(=O)N(Cc2ccc(F)cc2)Cc2cccs2)C2CCCCC2)cc1. The minimum Gasteiger partial charge on any atom is -0.462 e. The van der Waals surface area contributed by atoms with E-state index < -0.39 is 5.97 Å². The molecule has 2 aromatic carbocycles. The van der Waals surface area contributed by atoms with Crippen LogP contribution in [0.1, 0.15) is 59.8 Å². The summed E-state index contributed by atoms with van der Waals surface area (Å²) in [5.41, 5.74) is 1.75. The maximum absolute atomic E-state index is 13.7. The zero-order chi connectivity index (χ0) is 27.6. The highest BCUT2D eigenvalue weighted by atomic mass is 32.1. The average Bonchev–Trinajstić information content (AvgIpc) is 3.46. The van der Waals surface area contributed by atoms with E-state index in [-0.39, 0.29) is 36.9 Å². The minimum absolute atomic E-state index is 0.0454. The fraction of sp³-hybridized carbons (Fsp3) is 0.367. The van der Waals surface area contributed by atoms with Crippen molar-refractivity contribution in [1.29, 1.82) is 0 Å². The first-order valence-electron chi connectivity index (χ1n) is 13.3. The third-order valence-electron chi connectivity index (χ3n) is 6.80. The van der Waals surface area contributed by atoms with E-state index in [4.69, 9.17) is 4.74 Å². The van der Waals surface area contributed by atoms with Crippen LogP contribution in [0.3, 0.4) is 0 Å². The molecule has 1 saturated carbocycles. The van der Waals surface area contributed by atoms with Crippen LogP contribution in [0.15, 0.2) is 66.0 Å². The number of rotatable bonds is 10. The highest BCUT2D eigenvalue weighted by molar-refractivity contribution is 7.09. The van der Waals surface area contributed by atoms with Crippen molar-refractivity contribution >= 4 is 34.9 Å². The lowest BCUT2D eigenvalue weighted by Gasteiger charge is -2.35. The Kier molecular flexibility index (Phi) is 10.1. The van der Waals surface area contributed by atoms with Gasteiger partial charge in [-0.25, -0.2) is 14.0 Å². The first-order chi connectivity index (χ1) is 18.9. The largest absolute Gasteiger partial charge is 0.462 e. The van der Waals surface area contributed by atoms with Gasteiger partial charge in [0.05, 0.1) is 18.7 Å². The van der Waals surface area contributed by atoms with Crippen molar-refractivity contribution in [2.24, 2.45) is 0 Å². The number of benzene rings is 2. The van der Waals surface area contributed by atoms with Crippen molar-refractivity contribution in [3.05, 3.63) is 87.9 Å². The third kappa shape index (κ3) is 8.13. The Morgan fingerprint density at radius 3 is 2.33 bits per heavy atom. The zero-order valence-electron chi connectivity index (χ0n) is 22.1. The number of thiophene rings is 1. The molecule has 0 bridgehead atoms. The summed E-state index contributed by atoms with van der Waals surface area (Å²) in [7, 11) is 0. The molecule has 3 aromatic rings. The normalized spacial score (nSPS) is 13.5. The Morgan fingerprint density at radius 2 is 1.69 bits per heavy atom. The molecule has 1 N–H and O–H groups in total. The van der Waals surface area contributed by atoms with Gasteiger partial charge in [-0.05, 0) is 73.2 Å². The number of urea groups is 1. The predicted molar refractivity (Wildman–Crippen MR) is 150 cm³/mol. The van der Waals surface area contributed by atoms with Crippen LogP contribution in [0, 0.1) is 5.82 Å². The molecule has 0 radical (unpaired) electrons. The summed E-state index contributed by atoms with van der Waals surface area (Å²) in [5, 5.41) is 4.87. The number of anilines is 1. The first-order valence-corrected chi connectivity index (χ1v) is 14.2. The topological polar surface area (TPSA) is 79.0 Å². The minimum atomic E-state index is -0.420.